The molecule has 2 aliphatic rings. The Hall–Kier alpha value is -1.61. The molecule has 1 fully saturated rings. The zero-order valence-corrected chi connectivity index (χ0v) is 9.80. The van der Waals surface area contributed by atoms with E-state index in [0.29, 0.717) is 6.61 Å². The molecule has 1 aromatic carbocycles. The first-order valence-corrected chi connectivity index (χ1v) is 5.89. The van der Waals surface area contributed by atoms with Crippen molar-refractivity contribution in [2.75, 3.05) is 6.61 Å². The fourth-order valence-electron chi connectivity index (χ4n) is 2.64. The molecule has 0 saturated carbocycles. The average Bonchev–Trinajstić information content (AvgIpc) is 2.80. The van der Waals surface area contributed by atoms with Crippen molar-refractivity contribution in [3.63, 3.8) is 0 Å². The number of ether oxygens (including phenoxy) is 1. The van der Waals surface area contributed by atoms with Crippen LogP contribution in [0, 0.1) is 0 Å². The summed E-state index contributed by atoms with van der Waals surface area (Å²) in [6, 6.07) is 10.4. The van der Waals surface area contributed by atoms with Crippen LogP contribution in [-0.2, 0) is 16.0 Å². The molecule has 2 atom stereocenters. The molecule has 3 heteroatoms. The molecule has 1 aromatic rings. The Balaban J connectivity index is 1.80. The summed E-state index contributed by atoms with van der Waals surface area (Å²) in [7, 11) is 0. The molecule has 0 radical (unpaired) electrons. The van der Waals surface area contributed by atoms with Gasteiger partial charge in [-0.25, -0.2) is 0 Å². The summed E-state index contributed by atoms with van der Waals surface area (Å²) in [5.41, 5.74) is 0.723. The maximum Gasteiger partial charge on any atom is 0.249 e. The van der Waals surface area contributed by atoms with Gasteiger partial charge in [0, 0.05) is 6.08 Å². The normalized spacial score (nSPS) is 31.0. The minimum atomic E-state index is -0.517. The first-order chi connectivity index (χ1) is 8.19. The van der Waals surface area contributed by atoms with Crippen molar-refractivity contribution in [1.29, 1.82) is 0 Å². The van der Waals surface area contributed by atoms with Crippen molar-refractivity contribution < 1.29 is 9.53 Å². The van der Waals surface area contributed by atoms with E-state index in [1.165, 1.54) is 5.56 Å². The second kappa shape index (κ2) is 3.70. The van der Waals surface area contributed by atoms with Crippen molar-refractivity contribution in [1.82, 2.24) is 4.90 Å². The number of rotatable bonds is 2. The molecule has 88 valence electrons. The van der Waals surface area contributed by atoms with Gasteiger partial charge in [-0.15, -0.1) is 0 Å². The van der Waals surface area contributed by atoms with E-state index in [1.54, 1.807) is 6.08 Å². The van der Waals surface area contributed by atoms with Crippen LogP contribution in [0.1, 0.15) is 12.5 Å². The number of benzene rings is 1. The van der Waals surface area contributed by atoms with Gasteiger partial charge in [-0.1, -0.05) is 30.3 Å². The predicted molar refractivity (Wildman–Crippen MR) is 64.3 cm³/mol. The van der Waals surface area contributed by atoms with Crippen LogP contribution in [0.4, 0.5) is 0 Å². The van der Waals surface area contributed by atoms with Gasteiger partial charge in [0.1, 0.15) is 0 Å². The standard InChI is InChI=1S/C14H15NO2/c1-14-8-7-13(16)15(14)12(10-17-14)9-11-5-3-2-4-6-11/h2-8,12H,9-10H2,1H3/t12-,14-/m1/s1. The van der Waals surface area contributed by atoms with E-state index in [4.69, 9.17) is 4.74 Å². The molecule has 3 rings (SSSR count). The smallest absolute Gasteiger partial charge is 0.249 e. The van der Waals surface area contributed by atoms with Crippen molar-refractivity contribution >= 4 is 5.91 Å². The Morgan fingerprint density at radius 2 is 2.18 bits per heavy atom. The third-order valence-corrected chi connectivity index (χ3v) is 3.50. The first-order valence-electron chi connectivity index (χ1n) is 5.89. The summed E-state index contributed by atoms with van der Waals surface area (Å²) >= 11 is 0. The summed E-state index contributed by atoms with van der Waals surface area (Å²) in [6.07, 6.45) is 4.31. The van der Waals surface area contributed by atoms with Gasteiger partial charge in [0.05, 0.1) is 12.6 Å². The van der Waals surface area contributed by atoms with Gasteiger partial charge in [0.15, 0.2) is 5.72 Å². The van der Waals surface area contributed by atoms with E-state index in [0.717, 1.165) is 6.42 Å². The molecule has 0 aliphatic carbocycles. The van der Waals surface area contributed by atoms with Crippen molar-refractivity contribution in [3.05, 3.63) is 48.0 Å². The molecule has 2 aliphatic heterocycles. The largest absolute Gasteiger partial charge is 0.350 e. The molecule has 0 bridgehead atoms. The van der Waals surface area contributed by atoms with Gasteiger partial charge in [0.25, 0.3) is 0 Å². The summed E-state index contributed by atoms with van der Waals surface area (Å²) in [4.78, 5) is 13.7. The van der Waals surface area contributed by atoms with E-state index < -0.39 is 5.72 Å². The highest BCUT2D eigenvalue weighted by Gasteiger charge is 2.47. The maximum atomic E-state index is 11.8. The Morgan fingerprint density at radius 1 is 1.41 bits per heavy atom. The molecule has 1 saturated heterocycles. The zero-order chi connectivity index (χ0) is 11.9. The van der Waals surface area contributed by atoms with Crippen molar-refractivity contribution in [3.8, 4) is 0 Å². The number of hydrogen-bond donors (Lipinski definition) is 0. The Kier molecular flexibility index (Phi) is 2.30. The van der Waals surface area contributed by atoms with E-state index in [1.807, 2.05) is 36.1 Å². The van der Waals surface area contributed by atoms with Gasteiger partial charge in [-0.05, 0) is 25.0 Å². The van der Waals surface area contributed by atoms with Crippen LogP contribution in [0.3, 0.4) is 0 Å². The third kappa shape index (κ3) is 1.67. The van der Waals surface area contributed by atoms with Crippen LogP contribution in [0.5, 0.6) is 0 Å². The highest BCUT2D eigenvalue weighted by atomic mass is 16.5. The minimum absolute atomic E-state index is 0.0610. The first kappa shape index (κ1) is 10.5. The maximum absolute atomic E-state index is 11.8. The molecule has 0 N–H and O–H groups in total. The molecule has 17 heavy (non-hydrogen) atoms. The van der Waals surface area contributed by atoms with Gasteiger partial charge in [-0.2, -0.15) is 0 Å². The number of carbonyl (C=O) groups is 1. The molecule has 1 amide bonds. The second-order valence-electron chi connectivity index (χ2n) is 4.75. The third-order valence-electron chi connectivity index (χ3n) is 3.50. The molecular formula is C14H15NO2. The van der Waals surface area contributed by atoms with E-state index in [9.17, 15) is 4.79 Å². The van der Waals surface area contributed by atoms with E-state index in [2.05, 4.69) is 12.1 Å². The van der Waals surface area contributed by atoms with E-state index >= 15 is 0 Å². The molecular weight excluding hydrogens is 214 g/mol. The molecule has 0 unspecified atom stereocenters. The van der Waals surface area contributed by atoms with Crippen molar-refractivity contribution in [2.24, 2.45) is 0 Å². The summed E-state index contributed by atoms with van der Waals surface area (Å²) < 4.78 is 5.74. The van der Waals surface area contributed by atoms with Crippen LogP contribution in [0.2, 0.25) is 0 Å². The number of amides is 1. The Morgan fingerprint density at radius 3 is 2.94 bits per heavy atom. The summed E-state index contributed by atoms with van der Waals surface area (Å²) in [6.45, 7) is 2.56. The summed E-state index contributed by atoms with van der Waals surface area (Å²) in [5.74, 6) is 0.0610. The van der Waals surface area contributed by atoms with Crippen LogP contribution >= 0.6 is 0 Å². The quantitative estimate of drug-likeness (QED) is 0.773. The van der Waals surface area contributed by atoms with Gasteiger partial charge in [0.2, 0.25) is 5.91 Å². The van der Waals surface area contributed by atoms with Crippen LogP contribution < -0.4 is 0 Å². The summed E-state index contributed by atoms with van der Waals surface area (Å²) in [5, 5.41) is 0. The average molecular weight is 229 g/mol. The van der Waals surface area contributed by atoms with Crippen molar-refractivity contribution in [2.45, 2.75) is 25.1 Å². The lowest BCUT2D eigenvalue weighted by molar-refractivity contribution is -0.134. The molecule has 0 aromatic heterocycles. The lowest BCUT2D eigenvalue weighted by atomic mass is 10.1. The SMILES string of the molecule is C[C@@]12C=CC(=O)N1[C@H](Cc1ccccc1)CO2. The fraction of sp³-hybridized carbons (Fsp3) is 0.357. The molecule has 0 spiro atoms. The van der Waals surface area contributed by atoms with E-state index in [-0.39, 0.29) is 11.9 Å². The van der Waals surface area contributed by atoms with Gasteiger partial charge in [-0.3, -0.25) is 4.79 Å². The lowest BCUT2D eigenvalue weighted by Gasteiger charge is -2.29. The Labute approximate surface area is 101 Å². The molecule has 3 nitrogen and oxygen atoms in total. The molecule has 2 heterocycles. The fourth-order valence-corrected chi connectivity index (χ4v) is 2.64. The number of carbonyl (C=O) groups excluding carboxylic acids is 1. The number of hydrogen-bond acceptors (Lipinski definition) is 2. The predicted octanol–water partition coefficient (Wildman–Crippen LogP) is 1.74. The zero-order valence-electron chi connectivity index (χ0n) is 9.80. The topological polar surface area (TPSA) is 29.5 Å². The lowest BCUT2D eigenvalue weighted by Crippen LogP contribution is -2.44. The number of nitrogens with zero attached hydrogens (tertiary/aromatic N) is 1. The monoisotopic (exact) mass is 229 g/mol. The second-order valence-corrected chi connectivity index (χ2v) is 4.75. The van der Waals surface area contributed by atoms with Crippen LogP contribution in [0.15, 0.2) is 42.5 Å². The minimum Gasteiger partial charge on any atom is -0.350 e. The Bertz CT molecular complexity index is 468. The highest BCUT2D eigenvalue weighted by molar-refractivity contribution is 5.91. The van der Waals surface area contributed by atoms with Gasteiger partial charge >= 0.3 is 0 Å². The van der Waals surface area contributed by atoms with Crippen LogP contribution in [0.25, 0.3) is 0 Å². The van der Waals surface area contributed by atoms with Gasteiger partial charge < -0.3 is 9.64 Å². The van der Waals surface area contributed by atoms with Crippen LogP contribution in [-0.4, -0.2) is 29.2 Å². The number of fused-ring (bicyclic) bond motifs is 1. The highest BCUT2D eigenvalue weighted by Crippen LogP contribution is 2.34.